The molecule has 0 saturated heterocycles. The van der Waals surface area contributed by atoms with Crippen LogP contribution in [0.5, 0.6) is 0 Å². The van der Waals surface area contributed by atoms with E-state index < -0.39 is 18.0 Å². The third-order valence-corrected chi connectivity index (χ3v) is 8.62. The van der Waals surface area contributed by atoms with Gasteiger partial charge < -0.3 is 14.2 Å². The molecule has 63 heavy (non-hydrogen) atoms. The van der Waals surface area contributed by atoms with E-state index in [0.717, 1.165) is 70.6 Å². The normalized spacial score (nSPS) is 13.8. The number of allylic oxidation sites excluding steroid dienone is 30. The van der Waals surface area contributed by atoms with Gasteiger partial charge in [-0.1, -0.05) is 209 Å². The molecule has 1 atom stereocenters. The minimum absolute atomic E-state index is 0.162. The quantitative estimate of drug-likeness (QED) is 0.0202. The maximum absolute atomic E-state index is 12.7. The fourth-order valence-corrected chi connectivity index (χ4v) is 5.21. The number of carbonyl (C=O) groups excluding carboxylic acids is 3. The molecule has 0 spiro atoms. The summed E-state index contributed by atoms with van der Waals surface area (Å²) in [5.41, 5.74) is 0. The summed E-state index contributed by atoms with van der Waals surface area (Å²) < 4.78 is 16.5. The summed E-state index contributed by atoms with van der Waals surface area (Å²) in [5.74, 6) is -1.18. The largest absolute Gasteiger partial charge is 0.462 e. The predicted octanol–water partition coefficient (Wildman–Crippen LogP) is 15.4. The molecule has 0 aromatic heterocycles. The minimum Gasteiger partial charge on any atom is -0.462 e. The molecule has 0 fully saturated rings. The Hall–Kier alpha value is -5.49. The van der Waals surface area contributed by atoms with Crippen LogP contribution in [0.25, 0.3) is 0 Å². The van der Waals surface area contributed by atoms with Crippen molar-refractivity contribution in [2.75, 3.05) is 13.2 Å². The van der Waals surface area contributed by atoms with Gasteiger partial charge >= 0.3 is 17.9 Å². The van der Waals surface area contributed by atoms with E-state index >= 15 is 0 Å². The van der Waals surface area contributed by atoms with Crippen LogP contribution < -0.4 is 0 Å². The van der Waals surface area contributed by atoms with Gasteiger partial charge in [-0.25, -0.2) is 0 Å². The number of ether oxygens (including phenoxy) is 3. The fourth-order valence-electron chi connectivity index (χ4n) is 5.21. The van der Waals surface area contributed by atoms with Crippen LogP contribution in [0.3, 0.4) is 0 Å². The van der Waals surface area contributed by atoms with Gasteiger partial charge in [0.15, 0.2) is 6.10 Å². The zero-order valence-electron chi connectivity index (χ0n) is 39.0. The Morgan fingerprint density at radius 1 is 0.333 bits per heavy atom. The lowest BCUT2D eigenvalue weighted by atomic mass is 10.1. The molecule has 0 aromatic carbocycles. The molecule has 0 bridgehead atoms. The van der Waals surface area contributed by atoms with Crippen molar-refractivity contribution in [3.63, 3.8) is 0 Å². The molecule has 0 radical (unpaired) electrons. The number of esters is 3. The zero-order valence-corrected chi connectivity index (χ0v) is 39.0. The first-order valence-corrected chi connectivity index (χ1v) is 23.4. The summed E-state index contributed by atoms with van der Waals surface area (Å²) >= 11 is 0. The van der Waals surface area contributed by atoms with Gasteiger partial charge in [-0.3, -0.25) is 14.4 Å². The molecular formula is C57H80O6. The van der Waals surface area contributed by atoms with Crippen molar-refractivity contribution >= 4 is 17.9 Å². The zero-order chi connectivity index (χ0) is 45.8. The summed E-state index contributed by atoms with van der Waals surface area (Å²) in [4.78, 5) is 37.8. The van der Waals surface area contributed by atoms with Crippen molar-refractivity contribution in [2.24, 2.45) is 0 Å². The smallest absolute Gasteiger partial charge is 0.306 e. The Kier molecular flexibility index (Phi) is 44.9. The van der Waals surface area contributed by atoms with Gasteiger partial charge in [-0.2, -0.15) is 0 Å². The van der Waals surface area contributed by atoms with Crippen molar-refractivity contribution in [3.05, 3.63) is 182 Å². The van der Waals surface area contributed by atoms with Crippen LogP contribution in [0.4, 0.5) is 0 Å². The molecule has 0 aromatic rings. The van der Waals surface area contributed by atoms with Crippen LogP contribution in [-0.4, -0.2) is 37.2 Å². The molecule has 6 nitrogen and oxygen atoms in total. The van der Waals surface area contributed by atoms with Gasteiger partial charge in [0.1, 0.15) is 13.2 Å². The monoisotopic (exact) mass is 861 g/mol. The van der Waals surface area contributed by atoms with E-state index in [1.165, 1.54) is 0 Å². The molecule has 0 rings (SSSR count). The molecule has 0 aliphatic rings. The number of rotatable bonds is 38. The molecule has 0 amide bonds. The first-order valence-electron chi connectivity index (χ1n) is 23.4. The van der Waals surface area contributed by atoms with Gasteiger partial charge in [-0.05, 0) is 89.9 Å². The standard InChI is InChI=1S/C57H80O6/c1-4-7-10-13-16-19-22-25-26-27-28-29-30-33-35-38-41-44-47-50-56(59)62-53-54(63-57(60)51-48-45-42-39-36-32-24-21-18-15-12-9-6-3)52-61-55(58)49-46-43-40-37-34-31-23-20-17-14-11-8-5-2/h7-12,14-21,23-26,28-29,31-36,39,41-42,44,54H,4-6,13,22,27,30,37-38,40,43,45-53H2,1-3H3/b10-7+,11-8+,12-9+,17-14+,18-15+,19-16+,23-20+,24-21+,26-25+,29-28+,34-31+,35-33+,36-32+,42-39+,44-41+. The first kappa shape index (κ1) is 57.5. The van der Waals surface area contributed by atoms with Gasteiger partial charge in [0, 0.05) is 19.3 Å². The second kappa shape index (κ2) is 49.2. The van der Waals surface area contributed by atoms with Crippen molar-refractivity contribution < 1.29 is 28.6 Å². The van der Waals surface area contributed by atoms with Gasteiger partial charge in [-0.15, -0.1) is 0 Å². The van der Waals surface area contributed by atoms with Crippen LogP contribution in [0.1, 0.15) is 136 Å². The third-order valence-electron chi connectivity index (χ3n) is 8.62. The fraction of sp³-hybridized carbons (Fsp3) is 0.421. The van der Waals surface area contributed by atoms with Crippen molar-refractivity contribution in [1.29, 1.82) is 0 Å². The first-order chi connectivity index (χ1) is 31.0. The van der Waals surface area contributed by atoms with Crippen LogP contribution in [0.15, 0.2) is 182 Å². The second-order valence-corrected chi connectivity index (χ2v) is 14.4. The molecular weight excluding hydrogens is 781 g/mol. The summed E-state index contributed by atoms with van der Waals surface area (Å²) in [7, 11) is 0. The molecule has 344 valence electrons. The third kappa shape index (κ3) is 47.4. The summed E-state index contributed by atoms with van der Waals surface area (Å²) in [6.07, 6.45) is 74.7. The average Bonchev–Trinajstić information content (AvgIpc) is 3.28. The Balaban J connectivity index is 4.70. The lowest BCUT2D eigenvalue weighted by Crippen LogP contribution is -2.30. The molecule has 0 N–H and O–H groups in total. The Labute approximate surface area is 383 Å². The van der Waals surface area contributed by atoms with Crippen LogP contribution in [-0.2, 0) is 28.6 Å². The molecule has 1 unspecified atom stereocenters. The lowest BCUT2D eigenvalue weighted by Gasteiger charge is -2.18. The molecule has 0 heterocycles. The number of carbonyl (C=O) groups is 3. The topological polar surface area (TPSA) is 78.9 Å². The Bertz CT molecular complexity index is 1600. The highest BCUT2D eigenvalue weighted by atomic mass is 16.6. The second-order valence-electron chi connectivity index (χ2n) is 14.4. The Morgan fingerprint density at radius 3 is 1.16 bits per heavy atom. The minimum atomic E-state index is -0.872. The molecule has 0 saturated carbocycles. The van der Waals surface area contributed by atoms with E-state index in [1.807, 2.05) is 103 Å². The van der Waals surface area contributed by atoms with Crippen molar-refractivity contribution in [3.8, 4) is 0 Å². The van der Waals surface area contributed by atoms with Crippen molar-refractivity contribution in [1.82, 2.24) is 0 Å². The Morgan fingerprint density at radius 2 is 0.698 bits per heavy atom. The van der Waals surface area contributed by atoms with Crippen LogP contribution in [0.2, 0.25) is 0 Å². The van der Waals surface area contributed by atoms with E-state index in [9.17, 15) is 14.4 Å². The van der Waals surface area contributed by atoms with Crippen LogP contribution in [0, 0.1) is 0 Å². The van der Waals surface area contributed by atoms with E-state index in [2.05, 4.69) is 99.8 Å². The van der Waals surface area contributed by atoms with Gasteiger partial charge in [0.05, 0.1) is 0 Å². The maximum Gasteiger partial charge on any atom is 0.306 e. The number of hydrogen-bond donors (Lipinski definition) is 0. The van der Waals surface area contributed by atoms with Crippen LogP contribution >= 0.6 is 0 Å². The lowest BCUT2D eigenvalue weighted by molar-refractivity contribution is -0.166. The maximum atomic E-state index is 12.7. The van der Waals surface area contributed by atoms with Gasteiger partial charge in [0.2, 0.25) is 0 Å². The van der Waals surface area contributed by atoms with Crippen molar-refractivity contribution in [2.45, 2.75) is 142 Å². The SMILES string of the molecule is CC/C=C/C=C/C=C/C=C/C=C/CCCC(=O)OC(COC(=O)CC/C=C/C/C=C/C/C=C/C/C=C/C/C=C/C/C=C/CC)COC(=O)CCCCC/C=C/C=C/C=C/C=C/CC. The van der Waals surface area contributed by atoms with E-state index in [4.69, 9.17) is 14.2 Å². The number of unbranched alkanes of at least 4 members (excludes halogenated alkanes) is 4. The predicted molar refractivity (Wildman–Crippen MR) is 269 cm³/mol. The molecule has 6 heteroatoms. The molecule has 0 aliphatic carbocycles. The highest BCUT2D eigenvalue weighted by Gasteiger charge is 2.19. The highest BCUT2D eigenvalue weighted by molar-refractivity contribution is 5.71. The highest BCUT2D eigenvalue weighted by Crippen LogP contribution is 2.09. The average molecular weight is 861 g/mol. The summed E-state index contributed by atoms with van der Waals surface area (Å²) in [6.45, 7) is 6.02. The molecule has 0 aliphatic heterocycles. The summed E-state index contributed by atoms with van der Waals surface area (Å²) in [6, 6.07) is 0. The number of hydrogen-bond acceptors (Lipinski definition) is 6. The van der Waals surface area contributed by atoms with E-state index in [0.29, 0.717) is 25.7 Å². The van der Waals surface area contributed by atoms with E-state index in [1.54, 1.807) is 0 Å². The van der Waals surface area contributed by atoms with Gasteiger partial charge in [0.25, 0.3) is 0 Å². The van der Waals surface area contributed by atoms with E-state index in [-0.39, 0.29) is 38.4 Å². The summed E-state index contributed by atoms with van der Waals surface area (Å²) in [5, 5.41) is 0.